The van der Waals surface area contributed by atoms with E-state index in [9.17, 15) is 18.4 Å². The van der Waals surface area contributed by atoms with Crippen molar-refractivity contribution in [2.45, 2.75) is 6.54 Å². The molecular formula is C23H17F2N5O2. The first-order valence-corrected chi connectivity index (χ1v) is 9.80. The fraction of sp³-hybridized carbons (Fsp3) is 0.0870. The number of hydrogen-bond acceptors (Lipinski definition) is 3. The maximum absolute atomic E-state index is 14.2. The first kappa shape index (κ1) is 19.7. The van der Waals surface area contributed by atoms with Gasteiger partial charge in [0, 0.05) is 19.2 Å². The number of halogens is 2. The van der Waals surface area contributed by atoms with E-state index in [-0.39, 0.29) is 23.8 Å². The molecule has 2 heterocycles. The van der Waals surface area contributed by atoms with E-state index >= 15 is 0 Å². The SMILES string of the molecule is Cn1c(=O)[nH]c2cc(C(=O)NCc3ccc4c(c3)ncn4-c3c(F)cccc3F)ccc21. The Balaban J connectivity index is 1.37. The highest BCUT2D eigenvalue weighted by Crippen LogP contribution is 2.23. The molecule has 9 heteroatoms. The number of rotatable bonds is 4. The standard InChI is InChI=1S/C23H17F2N5O2/c1-29-19-8-6-14(10-18(19)28-23(29)32)22(31)26-11-13-5-7-20-17(9-13)27-12-30(20)21-15(24)3-2-4-16(21)25/h2-10,12H,11H2,1H3,(H,26,31)(H,28,32). The van der Waals surface area contributed by atoms with Crippen molar-refractivity contribution >= 4 is 28.0 Å². The molecule has 0 aliphatic heterocycles. The second kappa shape index (κ2) is 7.45. The van der Waals surface area contributed by atoms with Gasteiger partial charge in [-0.1, -0.05) is 12.1 Å². The average molecular weight is 433 g/mol. The summed E-state index contributed by atoms with van der Waals surface area (Å²) >= 11 is 0. The van der Waals surface area contributed by atoms with Crippen LogP contribution in [-0.4, -0.2) is 25.0 Å². The van der Waals surface area contributed by atoms with Crippen molar-refractivity contribution in [2.75, 3.05) is 0 Å². The van der Waals surface area contributed by atoms with Crippen molar-refractivity contribution in [1.29, 1.82) is 0 Å². The summed E-state index contributed by atoms with van der Waals surface area (Å²) in [6.45, 7) is 0.235. The topological polar surface area (TPSA) is 84.7 Å². The van der Waals surface area contributed by atoms with Crippen LogP contribution >= 0.6 is 0 Å². The summed E-state index contributed by atoms with van der Waals surface area (Å²) in [6, 6.07) is 13.9. The molecule has 0 saturated heterocycles. The van der Waals surface area contributed by atoms with E-state index in [0.29, 0.717) is 27.6 Å². The third-order valence-corrected chi connectivity index (χ3v) is 5.41. The van der Waals surface area contributed by atoms with E-state index in [1.54, 1.807) is 43.4 Å². The van der Waals surface area contributed by atoms with Crippen LogP contribution in [0.15, 0.2) is 65.7 Å². The van der Waals surface area contributed by atoms with Crippen molar-refractivity contribution in [3.63, 3.8) is 0 Å². The number of amides is 1. The number of nitrogens with zero attached hydrogens (tertiary/aromatic N) is 3. The number of carbonyl (C=O) groups excluding carboxylic acids is 1. The van der Waals surface area contributed by atoms with Crippen molar-refractivity contribution in [1.82, 2.24) is 24.4 Å². The Kier molecular flexibility index (Phi) is 4.58. The van der Waals surface area contributed by atoms with E-state index in [1.807, 2.05) is 0 Å². The number of nitrogens with one attached hydrogen (secondary N) is 2. The molecule has 1 amide bonds. The number of fused-ring (bicyclic) bond motifs is 2. The Morgan fingerprint density at radius 3 is 2.59 bits per heavy atom. The lowest BCUT2D eigenvalue weighted by Crippen LogP contribution is -2.22. The molecule has 0 spiro atoms. The molecule has 0 radical (unpaired) electrons. The molecule has 0 atom stereocenters. The first-order valence-electron chi connectivity index (χ1n) is 9.80. The Bertz CT molecular complexity index is 1540. The molecule has 32 heavy (non-hydrogen) atoms. The number of aryl methyl sites for hydroxylation is 1. The Labute approximate surface area is 179 Å². The monoisotopic (exact) mass is 433 g/mol. The summed E-state index contributed by atoms with van der Waals surface area (Å²) in [4.78, 5) is 31.2. The summed E-state index contributed by atoms with van der Waals surface area (Å²) < 4.78 is 31.1. The second-order valence-electron chi connectivity index (χ2n) is 7.41. The van der Waals surface area contributed by atoms with E-state index in [2.05, 4.69) is 15.3 Å². The average Bonchev–Trinajstić information content (AvgIpc) is 3.32. The smallest absolute Gasteiger partial charge is 0.326 e. The van der Waals surface area contributed by atoms with Gasteiger partial charge < -0.3 is 10.3 Å². The van der Waals surface area contributed by atoms with Crippen LogP contribution < -0.4 is 11.0 Å². The van der Waals surface area contributed by atoms with Crippen molar-refractivity contribution in [3.05, 3.63) is 94.2 Å². The van der Waals surface area contributed by atoms with Gasteiger partial charge in [0.25, 0.3) is 5.91 Å². The third kappa shape index (κ3) is 3.24. The van der Waals surface area contributed by atoms with Crippen LogP contribution in [0.25, 0.3) is 27.8 Å². The van der Waals surface area contributed by atoms with Crippen LogP contribution in [0.2, 0.25) is 0 Å². The minimum Gasteiger partial charge on any atom is -0.348 e. The van der Waals surface area contributed by atoms with E-state index in [0.717, 1.165) is 5.56 Å². The zero-order valence-electron chi connectivity index (χ0n) is 16.9. The lowest BCUT2D eigenvalue weighted by Gasteiger charge is -2.08. The quantitative estimate of drug-likeness (QED) is 0.456. The molecule has 7 nitrogen and oxygen atoms in total. The molecule has 0 aliphatic carbocycles. The maximum atomic E-state index is 14.2. The molecular weight excluding hydrogens is 416 g/mol. The second-order valence-corrected chi connectivity index (χ2v) is 7.41. The molecule has 2 aromatic heterocycles. The van der Waals surface area contributed by atoms with Crippen molar-refractivity contribution < 1.29 is 13.6 Å². The first-order chi connectivity index (χ1) is 15.4. The van der Waals surface area contributed by atoms with E-state index < -0.39 is 11.6 Å². The molecule has 0 saturated carbocycles. The summed E-state index contributed by atoms with van der Waals surface area (Å²) in [7, 11) is 1.65. The van der Waals surface area contributed by atoms with Gasteiger partial charge in [0.2, 0.25) is 0 Å². The van der Waals surface area contributed by atoms with Gasteiger partial charge in [0.15, 0.2) is 0 Å². The van der Waals surface area contributed by atoms with Gasteiger partial charge in [-0.25, -0.2) is 18.6 Å². The van der Waals surface area contributed by atoms with Gasteiger partial charge in [0.05, 0.1) is 22.1 Å². The summed E-state index contributed by atoms with van der Waals surface area (Å²) in [6.07, 6.45) is 1.37. The highest BCUT2D eigenvalue weighted by Gasteiger charge is 2.14. The minimum atomic E-state index is -0.683. The molecule has 0 bridgehead atoms. The van der Waals surface area contributed by atoms with Crippen LogP contribution in [0.5, 0.6) is 0 Å². The van der Waals surface area contributed by atoms with Gasteiger partial charge in [-0.05, 0) is 48.0 Å². The molecule has 5 rings (SSSR count). The lowest BCUT2D eigenvalue weighted by atomic mass is 10.1. The van der Waals surface area contributed by atoms with Crippen LogP contribution in [0.4, 0.5) is 8.78 Å². The molecule has 2 N–H and O–H groups in total. The van der Waals surface area contributed by atoms with Gasteiger partial charge in [-0.15, -0.1) is 0 Å². The largest absolute Gasteiger partial charge is 0.348 e. The van der Waals surface area contributed by atoms with Crippen LogP contribution in [-0.2, 0) is 13.6 Å². The summed E-state index contributed by atoms with van der Waals surface area (Å²) in [5.41, 5.74) is 3.13. The molecule has 0 aliphatic rings. The molecule has 0 unspecified atom stereocenters. The van der Waals surface area contributed by atoms with E-state index in [4.69, 9.17) is 0 Å². The predicted octanol–water partition coefficient (Wildman–Crippen LogP) is 3.41. The fourth-order valence-corrected chi connectivity index (χ4v) is 3.73. The minimum absolute atomic E-state index is 0.189. The van der Waals surface area contributed by atoms with Gasteiger partial charge in [0.1, 0.15) is 23.6 Å². The van der Waals surface area contributed by atoms with Crippen molar-refractivity contribution in [2.24, 2.45) is 7.05 Å². The van der Waals surface area contributed by atoms with Gasteiger partial charge in [-0.2, -0.15) is 0 Å². The highest BCUT2D eigenvalue weighted by molar-refractivity contribution is 5.97. The Morgan fingerprint density at radius 1 is 1.06 bits per heavy atom. The number of hydrogen-bond donors (Lipinski definition) is 2. The molecule has 160 valence electrons. The number of benzene rings is 3. The molecule has 0 fully saturated rings. The van der Waals surface area contributed by atoms with E-state index in [1.165, 1.54) is 33.7 Å². The fourth-order valence-electron chi connectivity index (χ4n) is 3.73. The molecule has 3 aromatic carbocycles. The number of para-hydroxylation sites is 1. The summed E-state index contributed by atoms with van der Waals surface area (Å²) in [5.74, 6) is -1.66. The number of carbonyl (C=O) groups is 1. The number of H-pyrrole nitrogens is 1. The van der Waals surface area contributed by atoms with Crippen LogP contribution in [0.1, 0.15) is 15.9 Å². The third-order valence-electron chi connectivity index (χ3n) is 5.41. The zero-order valence-corrected chi connectivity index (χ0v) is 16.9. The highest BCUT2D eigenvalue weighted by atomic mass is 19.1. The normalized spacial score (nSPS) is 11.3. The summed E-state index contributed by atoms with van der Waals surface area (Å²) in [5, 5.41) is 2.83. The Hall–Kier alpha value is -4.27. The number of imidazole rings is 2. The number of aromatic amines is 1. The van der Waals surface area contributed by atoms with Crippen molar-refractivity contribution in [3.8, 4) is 5.69 Å². The number of aromatic nitrogens is 4. The predicted molar refractivity (Wildman–Crippen MR) is 116 cm³/mol. The Morgan fingerprint density at radius 2 is 1.81 bits per heavy atom. The van der Waals surface area contributed by atoms with Gasteiger partial charge >= 0.3 is 5.69 Å². The van der Waals surface area contributed by atoms with Gasteiger partial charge in [-0.3, -0.25) is 13.9 Å². The van der Waals surface area contributed by atoms with Crippen LogP contribution in [0.3, 0.4) is 0 Å². The maximum Gasteiger partial charge on any atom is 0.326 e. The molecule has 5 aromatic rings. The zero-order chi connectivity index (χ0) is 22.4. The van der Waals surface area contributed by atoms with Crippen LogP contribution in [0, 0.1) is 11.6 Å². The lowest BCUT2D eigenvalue weighted by molar-refractivity contribution is 0.0951.